The Labute approximate surface area is 119 Å². The molecule has 0 aromatic heterocycles. The first-order valence-electron chi connectivity index (χ1n) is 5.26. The average Bonchev–Trinajstić information content (AvgIpc) is 2.38. The predicted molar refractivity (Wildman–Crippen MR) is 73.6 cm³/mol. The van der Waals surface area contributed by atoms with E-state index >= 15 is 0 Å². The van der Waals surface area contributed by atoms with Crippen LogP contribution in [0.1, 0.15) is 15.9 Å². The monoisotopic (exact) mass is 291 g/mol. The van der Waals surface area contributed by atoms with Gasteiger partial charge in [0.2, 0.25) is 0 Å². The van der Waals surface area contributed by atoms with Crippen LogP contribution in [0.2, 0.25) is 10.0 Å². The molecule has 19 heavy (non-hydrogen) atoms. The fraction of sp³-hybridized carbons (Fsp3) is 0. The summed E-state index contributed by atoms with van der Waals surface area (Å²) < 4.78 is 0. The highest BCUT2D eigenvalue weighted by molar-refractivity contribution is 6.34. The fourth-order valence-corrected chi connectivity index (χ4v) is 2.18. The lowest BCUT2D eigenvalue weighted by Crippen LogP contribution is -2.00. The van der Waals surface area contributed by atoms with Crippen LogP contribution in [0.5, 0.6) is 0 Å². The van der Waals surface area contributed by atoms with E-state index < -0.39 is 5.97 Å². The molecule has 0 radical (unpaired) electrons. The quantitative estimate of drug-likeness (QED) is 0.901. The number of hydrogen-bond acceptors (Lipinski definition) is 2. The number of rotatable bonds is 2. The van der Waals surface area contributed by atoms with Gasteiger partial charge in [-0.25, -0.2) is 4.79 Å². The zero-order chi connectivity index (χ0) is 14.0. The van der Waals surface area contributed by atoms with Gasteiger partial charge in [0.25, 0.3) is 0 Å². The molecule has 0 saturated heterocycles. The Balaban J connectivity index is 2.70. The normalized spacial score (nSPS) is 9.95. The first-order chi connectivity index (χ1) is 9.04. The molecule has 2 aromatic rings. The summed E-state index contributed by atoms with van der Waals surface area (Å²) in [5.41, 5.74) is 1.33. The van der Waals surface area contributed by atoms with E-state index in [1.807, 2.05) is 6.07 Å². The standard InChI is InChI=1S/C14H7Cl2NO2/c15-11-5-4-8(6-9(11)7-17)10-2-1-3-12(16)13(10)14(18)19/h1-6H,(H,18,19). The predicted octanol–water partition coefficient (Wildman–Crippen LogP) is 4.23. The maximum absolute atomic E-state index is 11.3. The van der Waals surface area contributed by atoms with E-state index in [1.54, 1.807) is 30.3 Å². The van der Waals surface area contributed by atoms with Gasteiger partial charge in [-0.1, -0.05) is 41.4 Å². The molecule has 0 saturated carbocycles. The van der Waals surface area contributed by atoms with Crippen molar-refractivity contribution < 1.29 is 9.90 Å². The molecule has 3 nitrogen and oxygen atoms in total. The van der Waals surface area contributed by atoms with Crippen molar-refractivity contribution in [2.24, 2.45) is 0 Å². The van der Waals surface area contributed by atoms with Crippen LogP contribution in [0, 0.1) is 11.3 Å². The SMILES string of the molecule is N#Cc1cc(-c2cccc(Cl)c2C(=O)O)ccc1Cl. The second-order valence-electron chi connectivity index (χ2n) is 3.77. The molecule has 0 heterocycles. The number of carboxylic acids is 1. The number of nitriles is 1. The van der Waals surface area contributed by atoms with Gasteiger partial charge in [0.15, 0.2) is 0 Å². The first kappa shape index (κ1) is 13.4. The van der Waals surface area contributed by atoms with Crippen LogP contribution in [0.4, 0.5) is 0 Å². The van der Waals surface area contributed by atoms with E-state index in [9.17, 15) is 9.90 Å². The summed E-state index contributed by atoms with van der Waals surface area (Å²) >= 11 is 11.8. The highest BCUT2D eigenvalue weighted by Gasteiger charge is 2.16. The number of nitrogens with zero attached hydrogens (tertiary/aromatic N) is 1. The summed E-state index contributed by atoms with van der Waals surface area (Å²) in [6.45, 7) is 0. The molecular weight excluding hydrogens is 285 g/mol. The molecule has 0 amide bonds. The van der Waals surface area contributed by atoms with Crippen LogP contribution >= 0.6 is 23.2 Å². The Kier molecular flexibility index (Phi) is 3.75. The van der Waals surface area contributed by atoms with E-state index in [0.29, 0.717) is 16.1 Å². The number of aromatic carboxylic acids is 1. The molecule has 5 heteroatoms. The summed E-state index contributed by atoms with van der Waals surface area (Å²) in [7, 11) is 0. The molecule has 0 spiro atoms. The molecule has 0 fully saturated rings. The van der Waals surface area contributed by atoms with Crippen molar-refractivity contribution in [2.75, 3.05) is 0 Å². The third kappa shape index (κ3) is 2.55. The number of benzene rings is 2. The lowest BCUT2D eigenvalue weighted by atomic mass is 9.98. The molecule has 0 aliphatic carbocycles. The molecular formula is C14H7Cl2NO2. The van der Waals surface area contributed by atoms with Crippen LogP contribution in [-0.4, -0.2) is 11.1 Å². The minimum Gasteiger partial charge on any atom is -0.478 e. The highest BCUT2D eigenvalue weighted by Crippen LogP contribution is 2.31. The minimum atomic E-state index is -1.12. The fourth-order valence-electron chi connectivity index (χ4n) is 1.76. The largest absolute Gasteiger partial charge is 0.478 e. The summed E-state index contributed by atoms with van der Waals surface area (Å²) in [5, 5.41) is 18.6. The van der Waals surface area contributed by atoms with Crippen LogP contribution in [0.3, 0.4) is 0 Å². The number of carboxylic acid groups (broad SMARTS) is 1. The Morgan fingerprint density at radius 3 is 2.53 bits per heavy atom. The smallest absolute Gasteiger partial charge is 0.337 e. The summed E-state index contributed by atoms with van der Waals surface area (Å²) in [6, 6.07) is 11.5. The molecule has 0 bridgehead atoms. The van der Waals surface area contributed by atoms with Crippen molar-refractivity contribution in [3.05, 3.63) is 57.6 Å². The number of carbonyl (C=O) groups is 1. The van der Waals surface area contributed by atoms with Crippen LogP contribution in [0.15, 0.2) is 36.4 Å². The summed E-state index contributed by atoms with van der Waals surface area (Å²) in [6.07, 6.45) is 0. The van der Waals surface area contributed by atoms with Gasteiger partial charge in [-0.2, -0.15) is 5.26 Å². The summed E-state index contributed by atoms with van der Waals surface area (Å²) in [4.78, 5) is 11.3. The second kappa shape index (κ2) is 5.31. The van der Waals surface area contributed by atoms with E-state index in [1.165, 1.54) is 6.07 Å². The maximum atomic E-state index is 11.3. The van der Waals surface area contributed by atoms with Crippen molar-refractivity contribution in [2.45, 2.75) is 0 Å². The van der Waals surface area contributed by atoms with Crippen molar-refractivity contribution in [3.8, 4) is 17.2 Å². The zero-order valence-corrected chi connectivity index (χ0v) is 11.0. The van der Waals surface area contributed by atoms with Crippen LogP contribution in [-0.2, 0) is 0 Å². The molecule has 1 N–H and O–H groups in total. The van der Waals surface area contributed by atoms with Gasteiger partial charge < -0.3 is 5.11 Å². The molecule has 0 unspecified atom stereocenters. The Hall–Kier alpha value is -2.02. The average molecular weight is 292 g/mol. The van der Waals surface area contributed by atoms with Gasteiger partial charge >= 0.3 is 5.97 Å². The minimum absolute atomic E-state index is 0.00961. The van der Waals surface area contributed by atoms with Gasteiger partial charge in [-0.3, -0.25) is 0 Å². The summed E-state index contributed by atoms with van der Waals surface area (Å²) in [5.74, 6) is -1.12. The van der Waals surface area contributed by atoms with Gasteiger partial charge in [0.05, 0.1) is 21.2 Å². The van der Waals surface area contributed by atoms with E-state index in [2.05, 4.69) is 0 Å². The lowest BCUT2D eigenvalue weighted by molar-refractivity contribution is 0.0698. The molecule has 94 valence electrons. The van der Waals surface area contributed by atoms with Gasteiger partial charge in [0.1, 0.15) is 6.07 Å². The first-order valence-corrected chi connectivity index (χ1v) is 6.02. The third-order valence-electron chi connectivity index (χ3n) is 2.63. The van der Waals surface area contributed by atoms with Crippen LogP contribution in [0.25, 0.3) is 11.1 Å². The third-order valence-corrected chi connectivity index (χ3v) is 3.27. The van der Waals surface area contributed by atoms with Gasteiger partial charge in [-0.05, 0) is 29.3 Å². The Morgan fingerprint density at radius 1 is 1.16 bits per heavy atom. The lowest BCUT2D eigenvalue weighted by Gasteiger charge is -2.08. The molecule has 2 aromatic carbocycles. The Morgan fingerprint density at radius 2 is 1.89 bits per heavy atom. The van der Waals surface area contributed by atoms with Crippen molar-refractivity contribution >= 4 is 29.2 Å². The molecule has 2 rings (SSSR count). The van der Waals surface area contributed by atoms with E-state index in [0.717, 1.165) is 0 Å². The van der Waals surface area contributed by atoms with Gasteiger partial charge in [0, 0.05) is 0 Å². The van der Waals surface area contributed by atoms with Crippen molar-refractivity contribution in [3.63, 3.8) is 0 Å². The van der Waals surface area contributed by atoms with E-state index in [-0.39, 0.29) is 16.1 Å². The zero-order valence-electron chi connectivity index (χ0n) is 9.52. The van der Waals surface area contributed by atoms with Gasteiger partial charge in [-0.15, -0.1) is 0 Å². The topological polar surface area (TPSA) is 61.1 Å². The maximum Gasteiger partial charge on any atom is 0.337 e. The highest BCUT2D eigenvalue weighted by atomic mass is 35.5. The molecule has 0 aliphatic rings. The second-order valence-corrected chi connectivity index (χ2v) is 4.59. The molecule has 0 aliphatic heterocycles. The Bertz CT molecular complexity index is 705. The van der Waals surface area contributed by atoms with E-state index in [4.69, 9.17) is 28.5 Å². The number of halogens is 2. The number of hydrogen-bond donors (Lipinski definition) is 1. The van der Waals surface area contributed by atoms with Crippen molar-refractivity contribution in [1.29, 1.82) is 5.26 Å². The molecule has 0 atom stereocenters. The van der Waals surface area contributed by atoms with Crippen molar-refractivity contribution in [1.82, 2.24) is 0 Å². The van der Waals surface area contributed by atoms with Crippen LogP contribution < -0.4 is 0 Å².